The molecule has 0 bridgehead atoms. The van der Waals surface area contributed by atoms with Crippen LogP contribution in [0.2, 0.25) is 0 Å². The van der Waals surface area contributed by atoms with Crippen molar-refractivity contribution in [3.8, 4) is 17.2 Å². The number of phenols is 1. The number of piperazine rings is 1. The summed E-state index contributed by atoms with van der Waals surface area (Å²) >= 11 is 0. The molecule has 150 valence electrons. The summed E-state index contributed by atoms with van der Waals surface area (Å²) in [6.45, 7) is 3.98. The van der Waals surface area contributed by atoms with Crippen molar-refractivity contribution < 1.29 is 23.8 Å². The van der Waals surface area contributed by atoms with Crippen LogP contribution >= 0.6 is 0 Å². The van der Waals surface area contributed by atoms with Crippen molar-refractivity contribution in [2.75, 3.05) is 47.4 Å². The Balaban J connectivity index is 2.03. The van der Waals surface area contributed by atoms with Crippen molar-refractivity contribution in [3.05, 3.63) is 52.8 Å². The van der Waals surface area contributed by atoms with E-state index in [4.69, 9.17) is 9.47 Å². The number of likely N-dealkylation sites (N-methyl/N-ethyl adjacent to an activating group) is 1. The maximum absolute atomic E-state index is 13.6. The smallest absolute Gasteiger partial charge is 0.200 e. The van der Waals surface area contributed by atoms with Crippen LogP contribution in [0.4, 0.5) is 4.39 Å². The molecular weight excluding hydrogens is 363 g/mol. The quantitative estimate of drug-likeness (QED) is 0.768. The zero-order valence-electron chi connectivity index (χ0n) is 16.4. The molecule has 2 aromatic carbocycles. The molecule has 1 heterocycles. The zero-order valence-corrected chi connectivity index (χ0v) is 16.4. The van der Waals surface area contributed by atoms with E-state index in [-0.39, 0.29) is 22.6 Å². The van der Waals surface area contributed by atoms with Crippen molar-refractivity contribution in [1.29, 1.82) is 0 Å². The van der Waals surface area contributed by atoms with Crippen LogP contribution in [-0.4, -0.2) is 68.1 Å². The molecule has 0 amide bonds. The number of nitrogens with zero attached hydrogens (tertiary/aromatic N) is 2. The maximum Gasteiger partial charge on any atom is 0.200 e. The van der Waals surface area contributed by atoms with Crippen LogP contribution in [0.25, 0.3) is 0 Å². The molecule has 7 heteroatoms. The first-order chi connectivity index (χ1) is 13.4. The minimum Gasteiger partial charge on any atom is -0.507 e. The predicted molar refractivity (Wildman–Crippen MR) is 104 cm³/mol. The minimum atomic E-state index is -0.518. The lowest BCUT2D eigenvalue weighted by Gasteiger charge is -2.33. The van der Waals surface area contributed by atoms with E-state index in [2.05, 4.69) is 16.8 Å². The molecule has 0 radical (unpaired) electrons. The molecule has 1 N–H and O–H groups in total. The Bertz CT molecular complexity index is 864. The Kier molecular flexibility index (Phi) is 6.16. The number of phenolic OH excluding ortho intramolecular Hbond substituents is 1. The van der Waals surface area contributed by atoms with Gasteiger partial charge in [0.15, 0.2) is 0 Å². The number of halogens is 1. The summed E-state index contributed by atoms with van der Waals surface area (Å²) in [5.41, 5.74) is 0.676. The van der Waals surface area contributed by atoms with Crippen LogP contribution in [0.3, 0.4) is 0 Å². The lowest BCUT2D eigenvalue weighted by atomic mass is 9.97. The molecule has 0 aliphatic carbocycles. The summed E-state index contributed by atoms with van der Waals surface area (Å²) in [7, 11) is 4.99. The lowest BCUT2D eigenvalue weighted by Crippen LogP contribution is -2.43. The molecule has 1 fully saturated rings. The highest BCUT2D eigenvalue weighted by atomic mass is 19.1. The van der Waals surface area contributed by atoms with Gasteiger partial charge in [0.25, 0.3) is 0 Å². The number of ketones is 1. The number of methoxy groups -OCH3 is 2. The average molecular weight is 388 g/mol. The molecule has 3 rings (SSSR count). The van der Waals surface area contributed by atoms with Crippen LogP contribution in [0.5, 0.6) is 17.2 Å². The summed E-state index contributed by atoms with van der Waals surface area (Å²) in [5, 5.41) is 11.0. The highest BCUT2D eigenvalue weighted by molar-refractivity contribution is 6.13. The van der Waals surface area contributed by atoms with Crippen molar-refractivity contribution in [1.82, 2.24) is 9.80 Å². The number of ether oxygens (including phenoxy) is 2. The van der Waals surface area contributed by atoms with Crippen LogP contribution in [0, 0.1) is 5.82 Å². The van der Waals surface area contributed by atoms with Gasteiger partial charge in [-0.3, -0.25) is 9.69 Å². The first kappa shape index (κ1) is 20.1. The van der Waals surface area contributed by atoms with Crippen LogP contribution in [0.1, 0.15) is 21.5 Å². The van der Waals surface area contributed by atoms with E-state index in [1.165, 1.54) is 32.4 Å². The molecule has 0 saturated carbocycles. The van der Waals surface area contributed by atoms with E-state index in [0.717, 1.165) is 32.2 Å². The normalized spacial score (nSPS) is 15.4. The molecule has 1 aliphatic rings. The number of hydrogen-bond donors (Lipinski definition) is 1. The second-order valence-electron chi connectivity index (χ2n) is 6.90. The van der Waals surface area contributed by atoms with Crippen LogP contribution < -0.4 is 9.47 Å². The summed E-state index contributed by atoms with van der Waals surface area (Å²) in [4.78, 5) is 17.4. The Hall–Kier alpha value is -2.64. The van der Waals surface area contributed by atoms with Gasteiger partial charge in [-0.2, -0.15) is 0 Å². The predicted octanol–water partition coefficient (Wildman–Crippen LogP) is 2.53. The Morgan fingerprint density at radius 2 is 1.79 bits per heavy atom. The topological polar surface area (TPSA) is 62.2 Å². The third kappa shape index (κ3) is 4.10. The summed E-state index contributed by atoms with van der Waals surface area (Å²) in [6, 6.07) is 6.97. The number of benzene rings is 2. The number of hydrogen-bond acceptors (Lipinski definition) is 6. The fourth-order valence-electron chi connectivity index (χ4n) is 3.38. The van der Waals surface area contributed by atoms with Gasteiger partial charge in [-0.15, -0.1) is 0 Å². The molecule has 6 nitrogen and oxygen atoms in total. The van der Waals surface area contributed by atoms with Gasteiger partial charge in [-0.25, -0.2) is 4.39 Å². The SMILES string of the molecule is COc1cc(OC)c(C(=O)c2cccc(F)c2)c(O)c1CN1CCN(C)CC1. The third-order valence-electron chi connectivity index (χ3n) is 5.06. The van der Waals surface area contributed by atoms with Crippen LogP contribution in [0.15, 0.2) is 30.3 Å². The lowest BCUT2D eigenvalue weighted by molar-refractivity contribution is 0.103. The average Bonchev–Trinajstić information content (AvgIpc) is 2.70. The zero-order chi connectivity index (χ0) is 20.3. The van der Waals surface area contributed by atoms with E-state index in [1.54, 1.807) is 6.07 Å². The van der Waals surface area contributed by atoms with Gasteiger partial charge in [-0.1, -0.05) is 12.1 Å². The summed E-state index contributed by atoms with van der Waals surface area (Å²) < 4.78 is 24.4. The number of carbonyl (C=O) groups is 1. The van der Waals surface area contributed by atoms with Crippen molar-refractivity contribution >= 4 is 5.78 Å². The molecule has 28 heavy (non-hydrogen) atoms. The first-order valence-corrected chi connectivity index (χ1v) is 9.12. The van der Waals surface area contributed by atoms with Gasteiger partial charge in [0.05, 0.1) is 19.8 Å². The maximum atomic E-state index is 13.6. The third-order valence-corrected chi connectivity index (χ3v) is 5.06. The highest BCUT2D eigenvalue weighted by Gasteiger charge is 2.27. The Morgan fingerprint density at radius 1 is 1.11 bits per heavy atom. The second-order valence-corrected chi connectivity index (χ2v) is 6.90. The first-order valence-electron chi connectivity index (χ1n) is 9.12. The van der Waals surface area contributed by atoms with Gasteiger partial charge in [0, 0.05) is 44.4 Å². The van der Waals surface area contributed by atoms with E-state index in [1.807, 2.05) is 0 Å². The molecule has 1 saturated heterocycles. The van der Waals surface area contributed by atoms with Gasteiger partial charge >= 0.3 is 0 Å². The number of rotatable bonds is 6. The monoisotopic (exact) mass is 388 g/mol. The van der Waals surface area contributed by atoms with Gasteiger partial charge in [0.1, 0.15) is 28.6 Å². The molecular formula is C21H25FN2O4. The summed E-state index contributed by atoms with van der Waals surface area (Å²) in [5.74, 6) is -0.578. The van der Waals surface area contributed by atoms with E-state index < -0.39 is 11.6 Å². The molecule has 1 aliphatic heterocycles. The fourth-order valence-corrected chi connectivity index (χ4v) is 3.38. The Morgan fingerprint density at radius 3 is 2.39 bits per heavy atom. The Labute approximate surface area is 164 Å². The molecule has 0 spiro atoms. The summed E-state index contributed by atoms with van der Waals surface area (Å²) in [6.07, 6.45) is 0. The van der Waals surface area contributed by atoms with E-state index in [0.29, 0.717) is 17.9 Å². The van der Waals surface area contributed by atoms with E-state index >= 15 is 0 Å². The second kappa shape index (κ2) is 8.58. The van der Waals surface area contributed by atoms with Gasteiger partial charge < -0.3 is 19.5 Å². The van der Waals surface area contributed by atoms with Crippen LogP contribution in [-0.2, 0) is 6.54 Å². The van der Waals surface area contributed by atoms with Crippen molar-refractivity contribution in [2.24, 2.45) is 0 Å². The number of aromatic hydroxyl groups is 1. The fraction of sp³-hybridized carbons (Fsp3) is 0.381. The van der Waals surface area contributed by atoms with Crippen molar-refractivity contribution in [2.45, 2.75) is 6.54 Å². The van der Waals surface area contributed by atoms with Gasteiger partial charge in [-0.05, 0) is 19.2 Å². The highest BCUT2D eigenvalue weighted by Crippen LogP contribution is 2.40. The molecule has 0 unspecified atom stereocenters. The molecule has 0 atom stereocenters. The number of carbonyl (C=O) groups excluding carboxylic acids is 1. The van der Waals surface area contributed by atoms with E-state index in [9.17, 15) is 14.3 Å². The standard InChI is InChI=1S/C21H25FN2O4/c1-23-7-9-24(10-8-23)13-16-17(27-2)12-18(28-3)19(21(16)26)20(25)14-5-4-6-15(22)11-14/h4-6,11-12,26H,7-10,13H2,1-3H3. The van der Waals surface area contributed by atoms with Crippen molar-refractivity contribution in [3.63, 3.8) is 0 Å². The minimum absolute atomic E-state index is 0.0121. The largest absolute Gasteiger partial charge is 0.507 e. The molecule has 0 aromatic heterocycles. The van der Waals surface area contributed by atoms with Gasteiger partial charge in [0.2, 0.25) is 5.78 Å². The molecule has 2 aromatic rings.